The fourth-order valence-corrected chi connectivity index (χ4v) is 3.23. The van der Waals surface area contributed by atoms with Crippen LogP contribution in [0, 0.1) is 0 Å². The van der Waals surface area contributed by atoms with Crippen LogP contribution in [0.15, 0.2) is 85.2 Å². The number of aromatic nitrogens is 1. The third-order valence-corrected chi connectivity index (χ3v) is 4.98. The molecule has 1 heterocycles. The zero-order chi connectivity index (χ0) is 21.1. The van der Waals surface area contributed by atoms with Gasteiger partial charge in [0.25, 0.3) is 5.91 Å². The number of carbonyl (C=O) groups excluding carboxylic acids is 1. The Labute approximate surface area is 176 Å². The Morgan fingerprint density at radius 2 is 1.57 bits per heavy atom. The number of anilines is 1. The van der Waals surface area contributed by atoms with Crippen LogP contribution in [0.3, 0.4) is 0 Å². The Kier molecular flexibility index (Phi) is 5.23. The molecule has 0 fully saturated rings. The zero-order valence-electron chi connectivity index (χ0n) is 17.3. The maximum absolute atomic E-state index is 12.5. The summed E-state index contributed by atoms with van der Waals surface area (Å²) in [7, 11) is 0. The van der Waals surface area contributed by atoms with E-state index in [1.165, 1.54) is 5.56 Å². The van der Waals surface area contributed by atoms with Crippen molar-refractivity contribution in [2.45, 2.75) is 26.2 Å². The van der Waals surface area contributed by atoms with Crippen LogP contribution >= 0.6 is 0 Å². The smallest absolute Gasteiger partial charge is 0.255 e. The number of nitrogens with zero attached hydrogens (tertiary/aromatic N) is 1. The molecular formula is C26H24N2O2. The largest absolute Gasteiger partial charge is 0.455 e. The standard InChI is InChI=1S/C26H24N2O2/c1-26(2,3)20-10-8-18(9-11-20)25(29)28-21-12-14-22(15-13-21)30-24-17-27-16-19-6-4-5-7-23(19)24/h4-17H,1-3H3,(H,28,29). The number of ether oxygens (including phenoxy) is 1. The van der Waals surface area contributed by atoms with Crippen molar-refractivity contribution < 1.29 is 9.53 Å². The molecule has 0 saturated carbocycles. The third-order valence-electron chi connectivity index (χ3n) is 4.98. The molecule has 0 unspecified atom stereocenters. The van der Waals surface area contributed by atoms with Crippen molar-refractivity contribution in [1.82, 2.24) is 4.98 Å². The third kappa shape index (κ3) is 4.33. The number of hydrogen-bond donors (Lipinski definition) is 1. The molecule has 1 aromatic heterocycles. The van der Waals surface area contributed by atoms with Crippen LogP contribution in [0.4, 0.5) is 5.69 Å². The molecule has 0 aliphatic heterocycles. The molecule has 1 N–H and O–H groups in total. The molecule has 0 atom stereocenters. The second-order valence-electron chi connectivity index (χ2n) is 8.27. The lowest BCUT2D eigenvalue weighted by atomic mass is 9.87. The Bertz CT molecular complexity index is 1170. The minimum Gasteiger partial charge on any atom is -0.455 e. The fourth-order valence-electron chi connectivity index (χ4n) is 3.23. The van der Waals surface area contributed by atoms with Crippen molar-refractivity contribution in [2.75, 3.05) is 5.32 Å². The number of fused-ring (bicyclic) bond motifs is 1. The van der Waals surface area contributed by atoms with Crippen LogP contribution in [0.5, 0.6) is 11.5 Å². The van der Waals surface area contributed by atoms with Gasteiger partial charge in [0, 0.05) is 28.2 Å². The summed E-state index contributed by atoms with van der Waals surface area (Å²) in [5.74, 6) is 1.24. The molecule has 4 heteroatoms. The van der Waals surface area contributed by atoms with E-state index >= 15 is 0 Å². The van der Waals surface area contributed by atoms with Crippen LogP contribution in [-0.2, 0) is 5.41 Å². The van der Waals surface area contributed by atoms with Gasteiger partial charge in [-0.3, -0.25) is 9.78 Å². The second-order valence-corrected chi connectivity index (χ2v) is 8.27. The quantitative estimate of drug-likeness (QED) is 0.424. The Morgan fingerprint density at radius 1 is 0.867 bits per heavy atom. The van der Waals surface area contributed by atoms with E-state index in [1.54, 1.807) is 6.20 Å². The molecule has 0 aliphatic carbocycles. The molecule has 4 nitrogen and oxygen atoms in total. The molecule has 150 valence electrons. The maximum Gasteiger partial charge on any atom is 0.255 e. The number of benzene rings is 3. The van der Waals surface area contributed by atoms with Gasteiger partial charge in [-0.25, -0.2) is 0 Å². The highest BCUT2D eigenvalue weighted by molar-refractivity contribution is 6.04. The first-order valence-electron chi connectivity index (χ1n) is 9.93. The molecule has 0 radical (unpaired) electrons. The summed E-state index contributed by atoms with van der Waals surface area (Å²) in [5, 5.41) is 4.96. The molecule has 0 bridgehead atoms. The van der Waals surface area contributed by atoms with Gasteiger partial charge >= 0.3 is 0 Å². The van der Waals surface area contributed by atoms with Crippen molar-refractivity contribution in [3.63, 3.8) is 0 Å². The van der Waals surface area contributed by atoms with E-state index in [9.17, 15) is 4.79 Å². The normalized spacial score (nSPS) is 11.3. The van der Waals surface area contributed by atoms with Gasteiger partial charge in [-0.1, -0.05) is 57.2 Å². The lowest BCUT2D eigenvalue weighted by Crippen LogP contribution is -2.14. The minimum atomic E-state index is -0.137. The van der Waals surface area contributed by atoms with E-state index in [1.807, 2.05) is 79.0 Å². The molecular weight excluding hydrogens is 372 g/mol. The van der Waals surface area contributed by atoms with E-state index in [-0.39, 0.29) is 11.3 Å². The first kappa shape index (κ1) is 19.6. The van der Waals surface area contributed by atoms with Crippen molar-refractivity contribution >= 4 is 22.4 Å². The topological polar surface area (TPSA) is 51.2 Å². The Morgan fingerprint density at radius 3 is 2.27 bits per heavy atom. The SMILES string of the molecule is CC(C)(C)c1ccc(C(=O)Nc2ccc(Oc3cncc4ccccc34)cc2)cc1. The molecule has 30 heavy (non-hydrogen) atoms. The van der Waals surface area contributed by atoms with Crippen LogP contribution in [0.1, 0.15) is 36.7 Å². The zero-order valence-corrected chi connectivity index (χ0v) is 17.3. The van der Waals surface area contributed by atoms with Crippen molar-refractivity contribution in [3.8, 4) is 11.5 Å². The Hall–Kier alpha value is -3.66. The number of carbonyl (C=O) groups is 1. The van der Waals surface area contributed by atoms with Crippen molar-refractivity contribution in [1.29, 1.82) is 0 Å². The van der Waals surface area contributed by atoms with E-state index in [0.29, 0.717) is 22.7 Å². The van der Waals surface area contributed by atoms with Crippen LogP contribution in [-0.4, -0.2) is 10.9 Å². The summed E-state index contributed by atoms with van der Waals surface area (Å²) >= 11 is 0. The summed E-state index contributed by atoms with van der Waals surface area (Å²) < 4.78 is 6.01. The number of pyridine rings is 1. The van der Waals surface area contributed by atoms with Gasteiger partial charge in [0.15, 0.2) is 5.75 Å². The summed E-state index contributed by atoms with van der Waals surface area (Å²) in [5.41, 5.74) is 2.60. The minimum absolute atomic E-state index is 0.0600. The first-order chi connectivity index (χ1) is 14.4. The van der Waals surface area contributed by atoms with E-state index in [4.69, 9.17) is 4.74 Å². The molecule has 3 aromatic carbocycles. The van der Waals surface area contributed by atoms with E-state index in [2.05, 4.69) is 31.1 Å². The average molecular weight is 396 g/mol. The number of amides is 1. The molecule has 4 rings (SSSR count). The van der Waals surface area contributed by atoms with Gasteiger partial charge in [0.05, 0.1) is 6.20 Å². The second kappa shape index (κ2) is 7.99. The highest BCUT2D eigenvalue weighted by Crippen LogP contribution is 2.29. The maximum atomic E-state index is 12.5. The number of hydrogen-bond acceptors (Lipinski definition) is 3. The monoisotopic (exact) mass is 396 g/mol. The summed E-state index contributed by atoms with van der Waals surface area (Å²) in [6, 6.07) is 23.0. The van der Waals surface area contributed by atoms with Crippen molar-refractivity contribution in [2.24, 2.45) is 0 Å². The number of nitrogens with one attached hydrogen (secondary N) is 1. The summed E-state index contributed by atoms with van der Waals surface area (Å²) in [6.45, 7) is 6.46. The van der Waals surface area contributed by atoms with Gasteiger partial charge in [-0.15, -0.1) is 0 Å². The first-order valence-corrected chi connectivity index (χ1v) is 9.93. The highest BCUT2D eigenvalue weighted by atomic mass is 16.5. The molecule has 1 amide bonds. The highest BCUT2D eigenvalue weighted by Gasteiger charge is 2.14. The lowest BCUT2D eigenvalue weighted by Gasteiger charge is -2.19. The molecule has 4 aromatic rings. The Balaban J connectivity index is 1.45. The van der Waals surface area contributed by atoms with Gasteiger partial charge in [0.1, 0.15) is 5.75 Å². The van der Waals surface area contributed by atoms with E-state index in [0.717, 1.165) is 10.8 Å². The lowest BCUT2D eigenvalue weighted by molar-refractivity contribution is 0.102. The van der Waals surface area contributed by atoms with Gasteiger partial charge in [-0.05, 0) is 47.4 Å². The average Bonchev–Trinajstić information content (AvgIpc) is 2.75. The van der Waals surface area contributed by atoms with Crippen LogP contribution in [0.25, 0.3) is 10.8 Å². The van der Waals surface area contributed by atoms with Gasteiger partial charge < -0.3 is 10.1 Å². The summed E-state index contributed by atoms with van der Waals surface area (Å²) in [4.78, 5) is 16.8. The van der Waals surface area contributed by atoms with Gasteiger partial charge in [0.2, 0.25) is 0 Å². The molecule has 0 spiro atoms. The van der Waals surface area contributed by atoms with Crippen LogP contribution in [0.2, 0.25) is 0 Å². The predicted octanol–water partition coefficient (Wildman–Crippen LogP) is 6.58. The van der Waals surface area contributed by atoms with Gasteiger partial charge in [-0.2, -0.15) is 0 Å². The van der Waals surface area contributed by atoms with E-state index < -0.39 is 0 Å². The predicted molar refractivity (Wildman–Crippen MR) is 121 cm³/mol. The molecule has 0 saturated heterocycles. The number of rotatable bonds is 4. The fraction of sp³-hybridized carbons (Fsp3) is 0.154. The summed E-state index contributed by atoms with van der Waals surface area (Å²) in [6.07, 6.45) is 3.52. The van der Waals surface area contributed by atoms with Crippen molar-refractivity contribution in [3.05, 3.63) is 96.3 Å². The molecule has 0 aliphatic rings. The van der Waals surface area contributed by atoms with Crippen LogP contribution < -0.4 is 10.1 Å².